The number of hydrogen-bond acceptors (Lipinski definition) is 3. The van der Waals surface area contributed by atoms with E-state index < -0.39 is 5.82 Å². The van der Waals surface area contributed by atoms with Crippen molar-refractivity contribution in [2.75, 3.05) is 6.54 Å². The molecule has 1 aliphatic heterocycles. The van der Waals surface area contributed by atoms with Gasteiger partial charge in [0.15, 0.2) is 5.17 Å². The number of aryl methyl sites for hydroxylation is 1. The van der Waals surface area contributed by atoms with Gasteiger partial charge in [-0.1, -0.05) is 49.2 Å². The Balaban J connectivity index is 2.00. The molecule has 0 radical (unpaired) electrons. The molecule has 0 aliphatic carbocycles. The minimum Gasteiger partial charge on any atom is -0.286 e. The number of hydrogen-bond donors (Lipinski definition) is 0. The summed E-state index contributed by atoms with van der Waals surface area (Å²) in [5.41, 5.74) is 2.13. The van der Waals surface area contributed by atoms with E-state index in [0.29, 0.717) is 16.6 Å². The monoisotopic (exact) mass is 402 g/mol. The molecule has 0 saturated carbocycles. The molecule has 1 heterocycles. The van der Waals surface area contributed by atoms with Crippen molar-refractivity contribution in [1.82, 2.24) is 4.90 Å². The summed E-state index contributed by atoms with van der Waals surface area (Å²) in [4.78, 5) is 19.6. The zero-order valence-corrected chi connectivity index (χ0v) is 16.9. The highest BCUT2D eigenvalue weighted by Crippen LogP contribution is 2.36. The Morgan fingerprint density at radius 2 is 1.93 bits per heavy atom. The average molecular weight is 403 g/mol. The Morgan fingerprint density at radius 3 is 2.56 bits per heavy atom. The van der Waals surface area contributed by atoms with E-state index in [0.717, 1.165) is 11.3 Å². The first-order chi connectivity index (χ1) is 12.8. The van der Waals surface area contributed by atoms with E-state index in [2.05, 4.69) is 4.99 Å². The van der Waals surface area contributed by atoms with Crippen LogP contribution in [0.5, 0.6) is 0 Å². The maximum absolute atomic E-state index is 14.1. The largest absolute Gasteiger partial charge is 0.286 e. The lowest BCUT2D eigenvalue weighted by molar-refractivity contribution is -0.122. The highest BCUT2D eigenvalue weighted by molar-refractivity contribution is 8.18. The second-order valence-electron chi connectivity index (χ2n) is 6.79. The van der Waals surface area contributed by atoms with Gasteiger partial charge in [0.1, 0.15) is 5.82 Å². The molecule has 6 heteroatoms. The number of nitrogens with zero attached hydrogens (tertiary/aromatic N) is 2. The van der Waals surface area contributed by atoms with Crippen LogP contribution in [-0.4, -0.2) is 22.5 Å². The predicted molar refractivity (Wildman–Crippen MR) is 112 cm³/mol. The van der Waals surface area contributed by atoms with E-state index in [1.807, 2.05) is 45.0 Å². The Bertz CT molecular complexity index is 902. The number of carbonyl (C=O) groups excluding carboxylic acids is 1. The molecular weight excluding hydrogens is 383 g/mol. The number of aliphatic imine (C=N–C) groups is 1. The Labute approximate surface area is 167 Å². The van der Waals surface area contributed by atoms with Gasteiger partial charge < -0.3 is 0 Å². The third-order valence-corrected chi connectivity index (χ3v) is 5.31. The fourth-order valence-electron chi connectivity index (χ4n) is 2.63. The highest BCUT2D eigenvalue weighted by atomic mass is 35.5. The maximum atomic E-state index is 14.1. The van der Waals surface area contributed by atoms with Gasteiger partial charge in [0, 0.05) is 12.1 Å². The number of rotatable bonds is 4. The van der Waals surface area contributed by atoms with Crippen molar-refractivity contribution < 1.29 is 9.18 Å². The van der Waals surface area contributed by atoms with E-state index in [9.17, 15) is 9.18 Å². The maximum Gasteiger partial charge on any atom is 0.266 e. The summed E-state index contributed by atoms with van der Waals surface area (Å²) in [5, 5.41) is 0.867. The van der Waals surface area contributed by atoms with Crippen molar-refractivity contribution in [3.63, 3.8) is 0 Å². The summed E-state index contributed by atoms with van der Waals surface area (Å²) in [6.45, 7) is 6.63. The summed E-state index contributed by atoms with van der Waals surface area (Å²) >= 11 is 7.35. The molecule has 3 nitrogen and oxygen atoms in total. The van der Waals surface area contributed by atoms with Crippen LogP contribution in [0, 0.1) is 18.7 Å². The van der Waals surface area contributed by atoms with Gasteiger partial charge in [0.25, 0.3) is 5.91 Å². The molecule has 27 heavy (non-hydrogen) atoms. The summed E-state index contributed by atoms with van der Waals surface area (Å²) in [7, 11) is 0. The average Bonchev–Trinajstić information content (AvgIpc) is 2.88. The lowest BCUT2D eigenvalue weighted by Crippen LogP contribution is -2.32. The van der Waals surface area contributed by atoms with E-state index in [1.54, 1.807) is 17.0 Å². The molecule has 2 aromatic carbocycles. The normalized spacial score (nSPS) is 17.6. The van der Waals surface area contributed by atoms with Crippen molar-refractivity contribution in [1.29, 1.82) is 0 Å². The fourth-order valence-corrected chi connectivity index (χ4v) is 3.83. The van der Waals surface area contributed by atoms with Crippen LogP contribution < -0.4 is 0 Å². The molecule has 140 valence electrons. The quantitative estimate of drug-likeness (QED) is 0.583. The third kappa shape index (κ3) is 4.60. The van der Waals surface area contributed by atoms with Crippen molar-refractivity contribution in [3.8, 4) is 0 Å². The lowest BCUT2D eigenvalue weighted by Gasteiger charge is -2.17. The van der Waals surface area contributed by atoms with Crippen LogP contribution >= 0.6 is 23.4 Å². The number of benzene rings is 2. The van der Waals surface area contributed by atoms with Crippen molar-refractivity contribution in [3.05, 3.63) is 69.3 Å². The molecule has 0 bridgehead atoms. The van der Waals surface area contributed by atoms with E-state index in [4.69, 9.17) is 11.6 Å². The zero-order valence-electron chi connectivity index (χ0n) is 15.4. The van der Waals surface area contributed by atoms with Gasteiger partial charge in [-0.3, -0.25) is 9.69 Å². The molecule has 1 fully saturated rings. The Hall–Kier alpha value is -2.11. The molecule has 3 rings (SSSR count). The third-order valence-electron chi connectivity index (χ3n) is 3.97. The number of thioether (sulfide) groups is 1. The Morgan fingerprint density at radius 1 is 1.22 bits per heavy atom. The Kier molecular flexibility index (Phi) is 6.02. The van der Waals surface area contributed by atoms with E-state index >= 15 is 0 Å². The van der Waals surface area contributed by atoms with Gasteiger partial charge in [-0.05, 0) is 54.9 Å². The molecule has 2 aromatic rings. The molecular formula is C21H20ClFN2OS. The van der Waals surface area contributed by atoms with Crippen LogP contribution in [0.1, 0.15) is 25.0 Å². The SMILES string of the molecule is Cc1ccc(N=C2S/C(=C/c3c(F)cccc3Cl)C(=O)N2CC(C)C)cc1. The van der Waals surface area contributed by atoms with E-state index in [1.165, 1.54) is 23.9 Å². The van der Waals surface area contributed by atoms with Gasteiger partial charge in [-0.25, -0.2) is 9.38 Å². The highest BCUT2D eigenvalue weighted by Gasteiger charge is 2.34. The molecule has 0 aromatic heterocycles. The number of halogens is 2. The molecule has 0 N–H and O–H groups in total. The van der Waals surface area contributed by atoms with Crippen LogP contribution in [0.15, 0.2) is 52.4 Å². The predicted octanol–water partition coefficient (Wildman–Crippen LogP) is 6.05. The van der Waals surface area contributed by atoms with Crippen molar-refractivity contribution in [2.45, 2.75) is 20.8 Å². The number of amides is 1. The first-order valence-corrected chi connectivity index (χ1v) is 9.85. The smallest absolute Gasteiger partial charge is 0.266 e. The first kappa shape index (κ1) is 19.6. The topological polar surface area (TPSA) is 32.7 Å². The van der Waals surface area contributed by atoms with Crippen molar-refractivity contribution >= 4 is 46.2 Å². The molecule has 1 saturated heterocycles. The summed E-state index contributed by atoms with van der Waals surface area (Å²) in [6, 6.07) is 12.3. The van der Waals surface area contributed by atoms with Gasteiger partial charge >= 0.3 is 0 Å². The standard InChI is InChI=1S/C21H20ClFN2OS/c1-13(2)12-25-20(26)19(11-16-17(22)5-4-6-18(16)23)27-21(25)24-15-9-7-14(3)8-10-15/h4-11,13H,12H2,1-3H3/b19-11+,24-21?. The van der Waals surface area contributed by atoms with Gasteiger partial charge in [-0.2, -0.15) is 0 Å². The lowest BCUT2D eigenvalue weighted by atomic mass is 10.2. The minimum atomic E-state index is -0.456. The van der Waals surface area contributed by atoms with Gasteiger partial charge in [0.2, 0.25) is 0 Å². The summed E-state index contributed by atoms with van der Waals surface area (Å²) in [6.07, 6.45) is 1.51. The summed E-state index contributed by atoms with van der Waals surface area (Å²) in [5.74, 6) is -0.365. The van der Waals surface area contributed by atoms with Crippen LogP contribution in [0.2, 0.25) is 5.02 Å². The minimum absolute atomic E-state index is 0.182. The van der Waals surface area contributed by atoms with Gasteiger partial charge in [0.05, 0.1) is 15.6 Å². The summed E-state index contributed by atoms with van der Waals surface area (Å²) < 4.78 is 14.1. The molecule has 1 aliphatic rings. The zero-order chi connectivity index (χ0) is 19.6. The van der Waals surface area contributed by atoms with Crippen molar-refractivity contribution in [2.24, 2.45) is 10.9 Å². The number of amidine groups is 1. The molecule has 1 amide bonds. The van der Waals surface area contributed by atoms with Crippen LogP contribution in [0.3, 0.4) is 0 Å². The second kappa shape index (κ2) is 8.28. The van der Waals surface area contributed by atoms with Crippen LogP contribution in [0.4, 0.5) is 10.1 Å². The molecule has 0 spiro atoms. The van der Waals surface area contributed by atoms with Crippen LogP contribution in [0.25, 0.3) is 6.08 Å². The number of carbonyl (C=O) groups is 1. The molecule has 0 unspecified atom stereocenters. The van der Waals surface area contributed by atoms with Gasteiger partial charge in [-0.15, -0.1) is 0 Å². The molecule has 0 atom stereocenters. The van der Waals surface area contributed by atoms with E-state index in [-0.39, 0.29) is 22.4 Å². The first-order valence-electron chi connectivity index (χ1n) is 8.66. The second-order valence-corrected chi connectivity index (χ2v) is 8.20. The fraction of sp³-hybridized carbons (Fsp3) is 0.238. The van der Waals surface area contributed by atoms with Crippen LogP contribution in [-0.2, 0) is 4.79 Å².